The zero-order chi connectivity index (χ0) is 65.3. The monoisotopic (exact) mass is 1270 g/mol. The van der Waals surface area contributed by atoms with Crippen molar-refractivity contribution in [1.29, 1.82) is 0 Å². The Labute approximate surface area is 569 Å². The molecule has 0 unspecified atom stereocenters. The highest BCUT2D eigenvalue weighted by molar-refractivity contribution is 6.40. The first-order valence-electron chi connectivity index (χ1n) is 33.9. The molecular weight excluding hydrogens is 1220 g/mol. The van der Waals surface area contributed by atoms with Crippen LogP contribution in [0.2, 0.25) is 0 Å². The molecule has 0 fully saturated rings. The van der Waals surface area contributed by atoms with Crippen LogP contribution in [0.15, 0.2) is 316 Å². The third kappa shape index (κ3) is 7.61. The summed E-state index contributed by atoms with van der Waals surface area (Å²) in [4.78, 5) is 31.8. The van der Waals surface area contributed by atoms with Crippen molar-refractivity contribution in [3.63, 3.8) is 0 Å². The van der Waals surface area contributed by atoms with E-state index in [-0.39, 0.29) is 0 Å². The summed E-state index contributed by atoms with van der Waals surface area (Å²) in [5.74, 6) is 1.61. The number of nitrogens with zero attached hydrogens (tertiary/aromatic N) is 10. The largest absolute Gasteiger partial charge is 0.309 e. The first-order valence-corrected chi connectivity index (χ1v) is 33.9. The summed E-state index contributed by atoms with van der Waals surface area (Å²) in [7, 11) is 0. The van der Waals surface area contributed by atoms with Crippen LogP contribution in [0.5, 0.6) is 0 Å². The highest BCUT2D eigenvalue weighted by Gasteiger charge is 2.29. The van der Waals surface area contributed by atoms with Gasteiger partial charge < -0.3 is 9.13 Å². The highest BCUT2D eigenvalue weighted by atomic mass is 15.1. The Morgan fingerprint density at radius 1 is 0.200 bits per heavy atom. The fourth-order valence-corrected chi connectivity index (χ4v) is 16.7. The number of rotatable bonds is 6. The summed E-state index contributed by atoms with van der Waals surface area (Å²) in [5.41, 5.74) is 20.5. The minimum absolute atomic E-state index is 0.804. The molecule has 23 rings (SSSR count). The zero-order valence-electron chi connectivity index (χ0n) is 53.5. The molecule has 23 aromatic rings. The van der Waals surface area contributed by atoms with Crippen LogP contribution in [-0.4, -0.2) is 48.2 Å². The van der Waals surface area contributed by atoms with Gasteiger partial charge in [-0.3, -0.25) is 19.1 Å². The molecule has 0 saturated heterocycles. The van der Waals surface area contributed by atoms with Gasteiger partial charge in [-0.05, 0) is 119 Å². The van der Waals surface area contributed by atoms with Gasteiger partial charge in [0.1, 0.15) is 11.4 Å². The average molecular weight is 1270 g/mol. The lowest BCUT2D eigenvalue weighted by Gasteiger charge is -2.15. The van der Waals surface area contributed by atoms with Gasteiger partial charge in [0.25, 0.3) is 0 Å². The molecule has 0 radical (unpaired) electrons. The third-order valence-electron chi connectivity index (χ3n) is 20.8. The van der Waals surface area contributed by atoms with Crippen molar-refractivity contribution in [2.45, 2.75) is 0 Å². The molecule has 10 heteroatoms. The van der Waals surface area contributed by atoms with E-state index >= 15 is 0 Å². The molecule has 0 aliphatic rings. The Balaban J connectivity index is 0.000000128. The molecule has 0 atom stereocenters. The molecule has 100 heavy (non-hydrogen) atoms. The second kappa shape index (κ2) is 20.9. The number of pyridine rings is 2. The van der Waals surface area contributed by atoms with E-state index in [1.54, 1.807) is 0 Å². The smallest absolute Gasteiger partial charge is 0.165 e. The molecule has 0 aliphatic heterocycles. The fourth-order valence-electron chi connectivity index (χ4n) is 16.7. The molecule has 0 amide bonds. The van der Waals surface area contributed by atoms with Gasteiger partial charge in [-0.25, -0.2) is 19.9 Å². The predicted molar refractivity (Wildman–Crippen MR) is 413 cm³/mol. The van der Waals surface area contributed by atoms with E-state index in [1.807, 2.05) is 48.8 Å². The molecule has 0 saturated carbocycles. The highest BCUT2D eigenvalue weighted by Crippen LogP contribution is 2.51. The number of para-hydroxylation sites is 4. The van der Waals surface area contributed by atoms with Gasteiger partial charge in [0.2, 0.25) is 0 Å². The van der Waals surface area contributed by atoms with Gasteiger partial charge >= 0.3 is 0 Å². The number of hydrogen-bond donors (Lipinski definition) is 0. The van der Waals surface area contributed by atoms with Crippen molar-refractivity contribution in [2.75, 3.05) is 0 Å². The molecule has 0 aliphatic carbocycles. The first-order chi connectivity index (χ1) is 49.7. The van der Waals surface area contributed by atoms with Crippen LogP contribution < -0.4 is 0 Å². The quantitative estimate of drug-likeness (QED) is 0.154. The molecule has 0 bridgehead atoms. The maximum atomic E-state index is 5.53. The lowest BCUT2D eigenvalue weighted by Crippen LogP contribution is -2.04. The zero-order valence-corrected chi connectivity index (χ0v) is 53.5. The Bertz CT molecular complexity index is 7320. The van der Waals surface area contributed by atoms with E-state index in [4.69, 9.17) is 29.9 Å². The van der Waals surface area contributed by atoms with Crippen LogP contribution in [0.4, 0.5) is 0 Å². The van der Waals surface area contributed by atoms with Gasteiger partial charge in [-0.1, -0.05) is 200 Å². The Morgan fingerprint density at radius 2 is 0.560 bits per heavy atom. The van der Waals surface area contributed by atoms with Crippen LogP contribution in [0.3, 0.4) is 0 Å². The van der Waals surface area contributed by atoms with E-state index in [9.17, 15) is 0 Å². The van der Waals surface area contributed by atoms with E-state index in [2.05, 4.69) is 285 Å². The van der Waals surface area contributed by atoms with Crippen LogP contribution in [-0.2, 0) is 0 Å². The Hall–Kier alpha value is -13.7. The summed E-state index contributed by atoms with van der Waals surface area (Å²) in [6, 6.07) is 107. The topological polar surface area (TPSA) is 97.1 Å². The third-order valence-corrected chi connectivity index (χ3v) is 20.8. The molecule has 462 valence electrons. The van der Waals surface area contributed by atoms with Gasteiger partial charge in [-0.2, -0.15) is 0 Å². The Kier molecular flexibility index (Phi) is 11.4. The van der Waals surface area contributed by atoms with Crippen molar-refractivity contribution in [3.8, 4) is 45.5 Å². The second-order valence-electron chi connectivity index (χ2n) is 26.0. The van der Waals surface area contributed by atoms with Crippen molar-refractivity contribution in [1.82, 2.24) is 48.2 Å². The van der Waals surface area contributed by atoms with Gasteiger partial charge in [0.15, 0.2) is 11.6 Å². The molecule has 0 N–H and O–H groups in total. The lowest BCUT2D eigenvalue weighted by molar-refractivity contribution is 1.08. The van der Waals surface area contributed by atoms with Gasteiger partial charge in [0, 0.05) is 105 Å². The number of benzene rings is 13. The molecule has 0 spiro atoms. The molecule has 10 nitrogen and oxygen atoms in total. The maximum absolute atomic E-state index is 5.53. The van der Waals surface area contributed by atoms with Crippen LogP contribution >= 0.6 is 0 Å². The van der Waals surface area contributed by atoms with E-state index in [0.29, 0.717) is 0 Å². The van der Waals surface area contributed by atoms with E-state index in [1.165, 1.54) is 75.9 Å². The summed E-state index contributed by atoms with van der Waals surface area (Å²) in [6.07, 6.45) is 3.82. The van der Waals surface area contributed by atoms with E-state index in [0.717, 1.165) is 133 Å². The van der Waals surface area contributed by atoms with Crippen LogP contribution in [0, 0.1) is 0 Å². The lowest BCUT2D eigenvalue weighted by atomic mass is 9.96. The summed E-state index contributed by atoms with van der Waals surface area (Å²) in [5, 5.41) is 18.8. The maximum Gasteiger partial charge on any atom is 0.165 e. The molecule has 8 aromatic heterocycles. The summed E-state index contributed by atoms with van der Waals surface area (Å²) in [6.45, 7) is 0. The fraction of sp³-hybridized carbons (Fsp3) is 0. The minimum atomic E-state index is 0.804. The van der Waals surface area contributed by atoms with Crippen LogP contribution in [0.1, 0.15) is 0 Å². The molecular formula is C90H52N10. The second-order valence-corrected chi connectivity index (χ2v) is 26.0. The molecule has 15 aromatic carbocycles. The normalized spacial score (nSPS) is 12.2. The van der Waals surface area contributed by atoms with Gasteiger partial charge in [-0.15, -0.1) is 0 Å². The van der Waals surface area contributed by atoms with Crippen molar-refractivity contribution in [3.05, 3.63) is 316 Å². The van der Waals surface area contributed by atoms with Crippen LogP contribution in [0.25, 0.3) is 209 Å². The number of aromatic nitrogens is 10. The van der Waals surface area contributed by atoms with Crippen molar-refractivity contribution in [2.24, 2.45) is 0 Å². The number of fused-ring (bicyclic) bond motifs is 10. The SMILES string of the molecule is c1ccc(-c2nc3c(ccc4ccccc43)nc2-n2c3cccc4c5ncccc5c5cccc6c5c5c(c43)c2ccc5n6-c2ccccc2)cc1.c1ccc(-c2nc3ccccc3nc2-n2c3cccc4c5ncccc5c5cccc6c5c5c(c43)c2ccc5n6-c2ccccc2)cc1. The van der Waals surface area contributed by atoms with Crippen molar-refractivity contribution < 1.29 is 0 Å². The molecule has 8 heterocycles. The summed E-state index contributed by atoms with van der Waals surface area (Å²) >= 11 is 0. The Morgan fingerprint density at radius 3 is 1.06 bits per heavy atom. The predicted octanol–water partition coefficient (Wildman–Crippen LogP) is 22.4. The minimum Gasteiger partial charge on any atom is -0.309 e. The summed E-state index contributed by atoms with van der Waals surface area (Å²) < 4.78 is 9.50. The van der Waals surface area contributed by atoms with Gasteiger partial charge in [0.05, 0.1) is 77.2 Å². The first kappa shape index (κ1) is 54.5. The van der Waals surface area contributed by atoms with E-state index < -0.39 is 0 Å². The number of hydrogen-bond acceptors (Lipinski definition) is 6. The van der Waals surface area contributed by atoms with Crippen molar-refractivity contribution >= 4 is 163 Å². The average Bonchev–Trinajstić information content (AvgIpc) is 1.53. The standard InChI is InChI=1S/C47H27N5.C43H25N5/c1-3-13-29(14-4-1)44-47(49-35-24-23-28-12-7-8-17-31(28)46(35)50-44)52-37-22-10-19-34-41(37)43-39(52)26-25-38-42(43)40-32(33-20-11-27-48-45(33)34)18-9-21-36(40)51(38)30-15-5-2-6-16-30;1-3-12-26(13-4-1)41-43(46-32-20-8-7-19-31(32)45-41)48-34-22-10-17-30-38(34)40-36(48)24-23-35-39(40)37-28(29-18-11-25-44-42(29)30)16-9-21-33(37)47(35)27-14-5-2-6-15-27/h1-27H;1-25H.